The molecule has 0 heterocycles. The number of benzene rings is 1. The normalized spacial score (nSPS) is 27.8. The van der Waals surface area contributed by atoms with Gasteiger partial charge in [-0.2, -0.15) is 0 Å². The van der Waals surface area contributed by atoms with Gasteiger partial charge in [-0.1, -0.05) is 12.5 Å². The van der Waals surface area contributed by atoms with Gasteiger partial charge in [0.1, 0.15) is 11.5 Å². The standard InChI is InChI=1S/C17H25NO2/c1-19-16-6-5-14(17(9-16)20-2)10-18-11-15-8-12-3-4-13(15)7-12/h5-6,9,12-13,15,18H,3-4,7-8,10-11H2,1-2H3. The zero-order valence-corrected chi connectivity index (χ0v) is 12.5. The van der Waals surface area contributed by atoms with E-state index in [9.17, 15) is 0 Å². The van der Waals surface area contributed by atoms with Crippen molar-refractivity contribution in [1.82, 2.24) is 5.32 Å². The Morgan fingerprint density at radius 1 is 1.15 bits per heavy atom. The molecule has 1 aromatic carbocycles. The summed E-state index contributed by atoms with van der Waals surface area (Å²) in [5.41, 5.74) is 1.21. The fourth-order valence-corrected chi connectivity index (χ4v) is 4.02. The van der Waals surface area contributed by atoms with Gasteiger partial charge in [0.05, 0.1) is 14.2 Å². The van der Waals surface area contributed by atoms with E-state index in [4.69, 9.17) is 9.47 Å². The Morgan fingerprint density at radius 3 is 2.70 bits per heavy atom. The van der Waals surface area contributed by atoms with Crippen LogP contribution in [0.25, 0.3) is 0 Å². The number of rotatable bonds is 6. The average molecular weight is 275 g/mol. The average Bonchev–Trinajstić information content (AvgIpc) is 3.10. The molecule has 2 aliphatic rings. The number of hydrogen-bond donors (Lipinski definition) is 1. The van der Waals surface area contributed by atoms with Crippen molar-refractivity contribution >= 4 is 0 Å². The molecule has 1 N–H and O–H groups in total. The molecule has 3 atom stereocenters. The molecule has 2 aliphatic carbocycles. The van der Waals surface area contributed by atoms with Crippen molar-refractivity contribution in [2.75, 3.05) is 20.8 Å². The van der Waals surface area contributed by atoms with Crippen LogP contribution in [0.2, 0.25) is 0 Å². The van der Waals surface area contributed by atoms with Crippen LogP contribution >= 0.6 is 0 Å². The topological polar surface area (TPSA) is 30.5 Å². The molecule has 110 valence electrons. The summed E-state index contributed by atoms with van der Waals surface area (Å²) >= 11 is 0. The highest BCUT2D eigenvalue weighted by Gasteiger charge is 2.38. The van der Waals surface area contributed by atoms with Gasteiger partial charge in [0, 0.05) is 18.2 Å². The van der Waals surface area contributed by atoms with Gasteiger partial charge < -0.3 is 14.8 Å². The van der Waals surface area contributed by atoms with Gasteiger partial charge in [-0.25, -0.2) is 0 Å². The molecule has 2 fully saturated rings. The van der Waals surface area contributed by atoms with Gasteiger partial charge >= 0.3 is 0 Å². The minimum Gasteiger partial charge on any atom is -0.497 e. The van der Waals surface area contributed by atoms with E-state index in [2.05, 4.69) is 11.4 Å². The van der Waals surface area contributed by atoms with Crippen molar-refractivity contribution < 1.29 is 9.47 Å². The molecular formula is C17H25NO2. The van der Waals surface area contributed by atoms with E-state index in [0.717, 1.165) is 42.3 Å². The van der Waals surface area contributed by atoms with Crippen molar-refractivity contribution in [2.45, 2.75) is 32.2 Å². The second-order valence-corrected chi connectivity index (χ2v) is 6.24. The fourth-order valence-electron chi connectivity index (χ4n) is 4.02. The maximum absolute atomic E-state index is 5.44. The lowest BCUT2D eigenvalue weighted by atomic mass is 9.89. The van der Waals surface area contributed by atoms with Crippen LogP contribution in [0.5, 0.6) is 11.5 Å². The van der Waals surface area contributed by atoms with E-state index in [1.807, 2.05) is 12.1 Å². The Kier molecular flexibility index (Phi) is 4.16. The molecule has 0 amide bonds. The summed E-state index contributed by atoms with van der Waals surface area (Å²) in [4.78, 5) is 0. The zero-order valence-electron chi connectivity index (χ0n) is 12.5. The molecule has 3 rings (SSSR count). The second kappa shape index (κ2) is 6.04. The van der Waals surface area contributed by atoms with Gasteiger partial charge in [-0.15, -0.1) is 0 Å². The molecule has 0 aromatic heterocycles. The molecule has 2 bridgehead atoms. The Hall–Kier alpha value is -1.22. The Bertz CT molecular complexity index is 460. The lowest BCUT2D eigenvalue weighted by Crippen LogP contribution is -2.26. The Morgan fingerprint density at radius 2 is 2.05 bits per heavy atom. The number of nitrogens with one attached hydrogen (secondary N) is 1. The number of fused-ring (bicyclic) bond motifs is 2. The summed E-state index contributed by atoms with van der Waals surface area (Å²) in [6, 6.07) is 6.04. The molecule has 20 heavy (non-hydrogen) atoms. The number of ether oxygens (including phenoxy) is 2. The molecule has 0 saturated heterocycles. The van der Waals surface area contributed by atoms with Crippen LogP contribution in [0, 0.1) is 17.8 Å². The molecule has 3 unspecified atom stereocenters. The lowest BCUT2D eigenvalue weighted by molar-refractivity contribution is 0.317. The Balaban J connectivity index is 1.53. The van der Waals surface area contributed by atoms with Gasteiger partial charge in [-0.3, -0.25) is 0 Å². The minimum atomic E-state index is 0.846. The fraction of sp³-hybridized carbons (Fsp3) is 0.647. The van der Waals surface area contributed by atoms with Gasteiger partial charge in [0.15, 0.2) is 0 Å². The van der Waals surface area contributed by atoms with Gasteiger partial charge in [0.25, 0.3) is 0 Å². The monoisotopic (exact) mass is 275 g/mol. The maximum atomic E-state index is 5.44. The predicted octanol–water partition coefficient (Wildman–Crippen LogP) is 3.23. The van der Waals surface area contributed by atoms with Crippen molar-refractivity contribution in [3.8, 4) is 11.5 Å². The van der Waals surface area contributed by atoms with Crippen LogP contribution in [0.15, 0.2) is 18.2 Å². The first-order valence-electron chi connectivity index (χ1n) is 7.71. The zero-order chi connectivity index (χ0) is 13.9. The third-order valence-corrected chi connectivity index (χ3v) is 5.10. The van der Waals surface area contributed by atoms with Crippen molar-refractivity contribution in [3.63, 3.8) is 0 Å². The third kappa shape index (κ3) is 2.78. The number of hydrogen-bond acceptors (Lipinski definition) is 3. The van der Waals surface area contributed by atoms with Crippen LogP contribution < -0.4 is 14.8 Å². The van der Waals surface area contributed by atoms with E-state index in [-0.39, 0.29) is 0 Å². The first kappa shape index (κ1) is 13.7. The number of methoxy groups -OCH3 is 2. The summed E-state index contributed by atoms with van der Waals surface area (Å²) in [5.74, 6) is 4.68. The third-order valence-electron chi connectivity index (χ3n) is 5.10. The molecule has 3 nitrogen and oxygen atoms in total. The summed E-state index contributed by atoms with van der Waals surface area (Å²) < 4.78 is 10.7. The first-order valence-corrected chi connectivity index (χ1v) is 7.71. The van der Waals surface area contributed by atoms with E-state index >= 15 is 0 Å². The van der Waals surface area contributed by atoms with Crippen molar-refractivity contribution in [1.29, 1.82) is 0 Å². The molecular weight excluding hydrogens is 250 g/mol. The SMILES string of the molecule is COc1ccc(CNCC2CC3CCC2C3)c(OC)c1. The van der Waals surface area contributed by atoms with Crippen molar-refractivity contribution in [2.24, 2.45) is 17.8 Å². The van der Waals surface area contributed by atoms with Crippen LogP contribution in [0.3, 0.4) is 0 Å². The Labute approximate surface area is 121 Å². The van der Waals surface area contributed by atoms with E-state index in [0.29, 0.717) is 0 Å². The van der Waals surface area contributed by atoms with E-state index in [1.54, 1.807) is 14.2 Å². The van der Waals surface area contributed by atoms with Crippen LogP contribution in [-0.4, -0.2) is 20.8 Å². The van der Waals surface area contributed by atoms with Crippen LogP contribution in [0.1, 0.15) is 31.2 Å². The summed E-state index contributed by atoms with van der Waals surface area (Å²) in [7, 11) is 3.40. The molecule has 1 aromatic rings. The maximum Gasteiger partial charge on any atom is 0.127 e. The van der Waals surface area contributed by atoms with Crippen LogP contribution in [-0.2, 0) is 6.54 Å². The van der Waals surface area contributed by atoms with Crippen molar-refractivity contribution in [3.05, 3.63) is 23.8 Å². The molecule has 3 heteroatoms. The van der Waals surface area contributed by atoms with Gasteiger partial charge in [-0.05, 0) is 49.6 Å². The molecule has 0 spiro atoms. The predicted molar refractivity (Wildman–Crippen MR) is 80.2 cm³/mol. The molecule has 0 radical (unpaired) electrons. The summed E-state index contributed by atoms with van der Waals surface area (Å²) in [6.07, 6.45) is 5.87. The summed E-state index contributed by atoms with van der Waals surface area (Å²) in [6.45, 7) is 2.03. The smallest absolute Gasteiger partial charge is 0.127 e. The summed E-state index contributed by atoms with van der Waals surface area (Å²) in [5, 5.41) is 3.62. The molecule has 2 saturated carbocycles. The van der Waals surface area contributed by atoms with E-state index in [1.165, 1.54) is 31.2 Å². The minimum absolute atomic E-state index is 0.846. The quantitative estimate of drug-likeness (QED) is 0.864. The van der Waals surface area contributed by atoms with Crippen LogP contribution in [0.4, 0.5) is 0 Å². The molecule has 0 aliphatic heterocycles. The highest BCUT2D eigenvalue weighted by Crippen LogP contribution is 2.47. The first-order chi connectivity index (χ1) is 9.80. The largest absolute Gasteiger partial charge is 0.497 e. The highest BCUT2D eigenvalue weighted by molar-refractivity contribution is 5.40. The lowest BCUT2D eigenvalue weighted by Gasteiger charge is -2.22. The highest BCUT2D eigenvalue weighted by atomic mass is 16.5. The second-order valence-electron chi connectivity index (χ2n) is 6.24. The van der Waals surface area contributed by atoms with Gasteiger partial charge in [0.2, 0.25) is 0 Å². The van der Waals surface area contributed by atoms with E-state index < -0.39 is 0 Å².